The van der Waals surface area contributed by atoms with Crippen LogP contribution in [0.15, 0.2) is 24.3 Å². The lowest BCUT2D eigenvalue weighted by molar-refractivity contribution is -0.127. The van der Waals surface area contributed by atoms with Gasteiger partial charge in [0.2, 0.25) is 0 Å². The lowest BCUT2D eigenvalue weighted by Gasteiger charge is -2.05. The monoisotopic (exact) mass is 286 g/mol. The molecule has 12 heavy (non-hydrogen) atoms. The topological polar surface area (TPSA) is 0 Å². The maximum atomic E-state index is 11.9. The predicted molar refractivity (Wildman–Crippen MR) is 48.9 cm³/mol. The van der Waals surface area contributed by atoms with Crippen LogP contribution >= 0.6 is 22.6 Å². The van der Waals surface area contributed by atoms with Crippen LogP contribution in [0, 0.1) is 3.57 Å². The maximum absolute atomic E-state index is 11.9. The quantitative estimate of drug-likeness (QED) is 0.694. The maximum Gasteiger partial charge on any atom is 0.393 e. The number of halogens is 4. The Morgan fingerprint density at radius 3 is 2.42 bits per heavy atom. The summed E-state index contributed by atoms with van der Waals surface area (Å²) in [4.78, 5) is 0. The molecule has 0 atom stereocenters. The summed E-state index contributed by atoms with van der Waals surface area (Å²) in [6, 6.07) is 6.41. The van der Waals surface area contributed by atoms with Gasteiger partial charge in [-0.05, 0) is 40.3 Å². The Hall–Kier alpha value is -0.260. The number of benzene rings is 1. The van der Waals surface area contributed by atoms with Crippen molar-refractivity contribution in [2.45, 2.75) is 12.6 Å². The van der Waals surface area contributed by atoms with E-state index in [1.54, 1.807) is 12.1 Å². The summed E-state index contributed by atoms with van der Waals surface area (Å²) in [6.07, 6.45) is -4.95. The standard InChI is InChI=1S/C8H6F3I/c9-8(10,11)5-6-2-1-3-7(12)4-6/h1-4H,5H2. The van der Waals surface area contributed by atoms with Gasteiger partial charge in [0.25, 0.3) is 0 Å². The normalized spacial score (nSPS) is 11.7. The minimum atomic E-state index is -4.11. The van der Waals surface area contributed by atoms with Crippen molar-refractivity contribution < 1.29 is 13.2 Å². The van der Waals surface area contributed by atoms with E-state index in [0.29, 0.717) is 5.56 Å². The molecule has 0 saturated carbocycles. The molecule has 1 aromatic carbocycles. The first-order valence-corrected chi connectivity index (χ1v) is 4.36. The number of hydrogen-bond donors (Lipinski definition) is 0. The van der Waals surface area contributed by atoms with Crippen molar-refractivity contribution in [2.24, 2.45) is 0 Å². The second-order valence-corrected chi connectivity index (χ2v) is 3.67. The molecule has 0 aliphatic carbocycles. The van der Waals surface area contributed by atoms with Crippen molar-refractivity contribution >= 4 is 22.6 Å². The van der Waals surface area contributed by atoms with Gasteiger partial charge in [0.05, 0.1) is 6.42 Å². The molecule has 0 aromatic heterocycles. The number of rotatable bonds is 1. The number of alkyl halides is 3. The molecule has 0 radical (unpaired) electrons. The highest BCUT2D eigenvalue weighted by molar-refractivity contribution is 14.1. The first-order chi connectivity index (χ1) is 5.47. The molecule has 0 unspecified atom stereocenters. The van der Waals surface area contributed by atoms with E-state index in [0.717, 1.165) is 3.57 Å². The summed E-state index contributed by atoms with van der Waals surface area (Å²) in [5.74, 6) is 0. The van der Waals surface area contributed by atoms with Gasteiger partial charge in [0, 0.05) is 3.57 Å². The highest BCUT2D eigenvalue weighted by atomic mass is 127. The second-order valence-electron chi connectivity index (χ2n) is 2.42. The molecule has 66 valence electrons. The summed E-state index contributed by atoms with van der Waals surface area (Å²) >= 11 is 1.99. The average Bonchev–Trinajstić information content (AvgIpc) is 1.82. The summed E-state index contributed by atoms with van der Waals surface area (Å²) in [5, 5.41) is 0. The summed E-state index contributed by atoms with van der Waals surface area (Å²) < 4.78 is 36.4. The molecular weight excluding hydrogens is 280 g/mol. The molecule has 4 heteroatoms. The van der Waals surface area contributed by atoms with Gasteiger partial charge >= 0.3 is 6.18 Å². The fourth-order valence-electron chi connectivity index (χ4n) is 0.878. The van der Waals surface area contributed by atoms with Gasteiger partial charge in [-0.3, -0.25) is 0 Å². The van der Waals surface area contributed by atoms with E-state index >= 15 is 0 Å². The van der Waals surface area contributed by atoms with Crippen LogP contribution in [-0.4, -0.2) is 6.18 Å². The fourth-order valence-corrected chi connectivity index (χ4v) is 1.49. The Morgan fingerprint density at radius 1 is 1.25 bits per heavy atom. The zero-order chi connectivity index (χ0) is 9.19. The van der Waals surface area contributed by atoms with Crippen molar-refractivity contribution in [3.63, 3.8) is 0 Å². The zero-order valence-corrected chi connectivity index (χ0v) is 8.19. The van der Waals surface area contributed by atoms with Gasteiger partial charge in [-0.2, -0.15) is 13.2 Å². The van der Waals surface area contributed by atoms with Crippen LogP contribution in [0.5, 0.6) is 0 Å². The van der Waals surface area contributed by atoms with Gasteiger partial charge in [-0.1, -0.05) is 12.1 Å². The highest BCUT2D eigenvalue weighted by Crippen LogP contribution is 2.21. The third-order valence-electron chi connectivity index (χ3n) is 1.29. The molecule has 0 N–H and O–H groups in total. The van der Waals surface area contributed by atoms with Gasteiger partial charge in [0.1, 0.15) is 0 Å². The average molecular weight is 286 g/mol. The Morgan fingerprint density at radius 2 is 1.92 bits per heavy atom. The van der Waals surface area contributed by atoms with E-state index in [9.17, 15) is 13.2 Å². The van der Waals surface area contributed by atoms with Gasteiger partial charge in [-0.15, -0.1) is 0 Å². The molecule has 0 fully saturated rings. The Bertz CT molecular complexity index is 267. The van der Waals surface area contributed by atoms with Crippen molar-refractivity contribution in [1.82, 2.24) is 0 Å². The molecule has 0 heterocycles. The molecule has 0 nitrogen and oxygen atoms in total. The lowest BCUT2D eigenvalue weighted by Crippen LogP contribution is -2.11. The third kappa shape index (κ3) is 3.42. The molecule has 0 saturated heterocycles. The first-order valence-electron chi connectivity index (χ1n) is 3.28. The van der Waals surface area contributed by atoms with Gasteiger partial charge in [0.15, 0.2) is 0 Å². The Labute approximate surface area is 81.9 Å². The van der Waals surface area contributed by atoms with Crippen molar-refractivity contribution in [1.29, 1.82) is 0 Å². The van der Waals surface area contributed by atoms with Crippen LogP contribution in [0.1, 0.15) is 5.56 Å². The molecule has 0 bridgehead atoms. The first kappa shape index (κ1) is 9.83. The minimum Gasteiger partial charge on any atom is -0.171 e. The summed E-state index contributed by atoms with van der Waals surface area (Å²) in [6.45, 7) is 0. The van der Waals surface area contributed by atoms with Gasteiger partial charge in [-0.25, -0.2) is 0 Å². The van der Waals surface area contributed by atoms with E-state index in [1.165, 1.54) is 12.1 Å². The third-order valence-corrected chi connectivity index (χ3v) is 1.96. The van der Waals surface area contributed by atoms with Crippen LogP contribution in [0.2, 0.25) is 0 Å². The predicted octanol–water partition coefficient (Wildman–Crippen LogP) is 3.40. The second kappa shape index (κ2) is 3.64. The molecule has 1 aromatic rings. The SMILES string of the molecule is FC(F)(F)Cc1cccc(I)c1. The van der Waals surface area contributed by atoms with Crippen LogP contribution in [0.25, 0.3) is 0 Å². The van der Waals surface area contributed by atoms with Gasteiger partial charge < -0.3 is 0 Å². The van der Waals surface area contributed by atoms with Crippen molar-refractivity contribution in [3.8, 4) is 0 Å². The van der Waals surface area contributed by atoms with E-state index < -0.39 is 12.6 Å². The van der Waals surface area contributed by atoms with Crippen molar-refractivity contribution in [3.05, 3.63) is 33.4 Å². The zero-order valence-electron chi connectivity index (χ0n) is 6.03. The highest BCUT2D eigenvalue weighted by Gasteiger charge is 2.27. The molecule has 0 aliphatic heterocycles. The molecule has 0 spiro atoms. The number of hydrogen-bond acceptors (Lipinski definition) is 0. The largest absolute Gasteiger partial charge is 0.393 e. The smallest absolute Gasteiger partial charge is 0.171 e. The van der Waals surface area contributed by atoms with E-state index in [4.69, 9.17) is 0 Å². The van der Waals surface area contributed by atoms with E-state index in [2.05, 4.69) is 0 Å². The Kier molecular flexibility index (Phi) is 2.98. The molecule has 0 aliphatic rings. The Balaban J connectivity index is 2.77. The summed E-state index contributed by atoms with van der Waals surface area (Å²) in [7, 11) is 0. The van der Waals surface area contributed by atoms with Crippen LogP contribution in [-0.2, 0) is 6.42 Å². The van der Waals surface area contributed by atoms with Crippen LogP contribution in [0.4, 0.5) is 13.2 Å². The van der Waals surface area contributed by atoms with Crippen LogP contribution in [0.3, 0.4) is 0 Å². The van der Waals surface area contributed by atoms with Crippen molar-refractivity contribution in [2.75, 3.05) is 0 Å². The van der Waals surface area contributed by atoms with E-state index in [1.807, 2.05) is 22.6 Å². The molecular formula is C8H6F3I. The van der Waals surface area contributed by atoms with E-state index in [-0.39, 0.29) is 0 Å². The summed E-state index contributed by atoms with van der Waals surface area (Å²) in [5.41, 5.74) is 0.314. The fraction of sp³-hybridized carbons (Fsp3) is 0.250. The van der Waals surface area contributed by atoms with Crippen LogP contribution < -0.4 is 0 Å². The molecule has 0 amide bonds. The minimum absolute atomic E-state index is 0.314. The molecule has 1 rings (SSSR count). The lowest BCUT2D eigenvalue weighted by atomic mass is 10.1.